The van der Waals surface area contributed by atoms with E-state index in [1.54, 1.807) is 12.1 Å². The number of halogens is 3. The molecule has 20 heavy (non-hydrogen) atoms. The molecule has 2 aromatic rings. The van der Waals surface area contributed by atoms with Gasteiger partial charge >= 0.3 is 0 Å². The summed E-state index contributed by atoms with van der Waals surface area (Å²) < 4.78 is 25.8. The van der Waals surface area contributed by atoms with Gasteiger partial charge in [-0.15, -0.1) is 0 Å². The Bertz CT molecular complexity index is 613. The van der Waals surface area contributed by atoms with Crippen LogP contribution in [0.15, 0.2) is 40.9 Å². The van der Waals surface area contributed by atoms with E-state index in [1.165, 1.54) is 24.3 Å². The van der Waals surface area contributed by atoms with Gasteiger partial charge in [0, 0.05) is 11.4 Å². The fourth-order valence-electron chi connectivity index (χ4n) is 1.78. The van der Waals surface area contributed by atoms with Crippen molar-refractivity contribution in [2.75, 3.05) is 11.5 Å². The van der Waals surface area contributed by atoms with E-state index >= 15 is 0 Å². The third-order valence-electron chi connectivity index (χ3n) is 2.98. The molecule has 1 aliphatic rings. The Balaban J connectivity index is 0.000000151. The van der Waals surface area contributed by atoms with Crippen LogP contribution in [0, 0.1) is 11.6 Å². The van der Waals surface area contributed by atoms with Crippen LogP contribution >= 0.6 is 15.9 Å². The molecule has 2 aromatic carbocycles. The number of hydrogen-bond donors (Lipinski definition) is 2. The summed E-state index contributed by atoms with van der Waals surface area (Å²) in [5.41, 5.74) is 12.9. The normalized spacial score (nSPS) is 13.6. The maximum Gasteiger partial charge on any atom is 0.137 e. The van der Waals surface area contributed by atoms with E-state index in [9.17, 15) is 8.78 Å². The van der Waals surface area contributed by atoms with Gasteiger partial charge in [-0.2, -0.15) is 0 Å². The summed E-state index contributed by atoms with van der Waals surface area (Å²) in [7, 11) is 0. The lowest BCUT2D eigenvalue weighted by atomic mass is 10.1. The molecule has 0 aromatic heterocycles. The summed E-state index contributed by atoms with van der Waals surface area (Å²) in [6.45, 7) is 0. The zero-order chi connectivity index (χ0) is 14.7. The molecule has 106 valence electrons. The van der Waals surface area contributed by atoms with Crippen molar-refractivity contribution >= 4 is 27.3 Å². The summed E-state index contributed by atoms with van der Waals surface area (Å²) in [6.07, 6.45) is 2.22. The minimum Gasteiger partial charge on any atom is -0.399 e. The number of rotatable bonds is 1. The van der Waals surface area contributed by atoms with Gasteiger partial charge in [0.1, 0.15) is 11.6 Å². The van der Waals surface area contributed by atoms with Crippen LogP contribution in [0.4, 0.5) is 20.2 Å². The van der Waals surface area contributed by atoms with E-state index in [0.717, 1.165) is 18.4 Å². The first kappa shape index (κ1) is 14.8. The highest BCUT2D eigenvalue weighted by Crippen LogP contribution is 2.41. The average molecular weight is 341 g/mol. The minimum atomic E-state index is -0.288. The quantitative estimate of drug-likeness (QED) is 0.753. The van der Waals surface area contributed by atoms with Crippen molar-refractivity contribution in [1.29, 1.82) is 0 Å². The first-order valence-electron chi connectivity index (χ1n) is 6.23. The molecule has 1 fully saturated rings. The lowest BCUT2D eigenvalue weighted by Gasteiger charge is -2.00. The van der Waals surface area contributed by atoms with Crippen molar-refractivity contribution in [2.24, 2.45) is 0 Å². The van der Waals surface area contributed by atoms with E-state index in [1.807, 2.05) is 0 Å². The highest BCUT2D eigenvalue weighted by atomic mass is 79.9. The molecule has 4 N–H and O–H groups in total. The molecule has 0 radical (unpaired) electrons. The molecule has 2 nitrogen and oxygen atoms in total. The molecule has 0 spiro atoms. The second-order valence-corrected chi connectivity index (χ2v) is 5.58. The first-order valence-corrected chi connectivity index (χ1v) is 7.02. The highest BCUT2D eigenvalue weighted by molar-refractivity contribution is 9.10. The fraction of sp³-hybridized carbons (Fsp3) is 0.200. The maximum absolute atomic E-state index is 13.0. The summed E-state index contributed by atoms with van der Waals surface area (Å²) in [5, 5.41) is 0. The molecule has 0 unspecified atom stereocenters. The molecule has 0 aliphatic heterocycles. The van der Waals surface area contributed by atoms with Crippen molar-refractivity contribution in [1.82, 2.24) is 0 Å². The van der Waals surface area contributed by atoms with Gasteiger partial charge in [-0.1, -0.05) is 0 Å². The molecule has 0 bridgehead atoms. The zero-order valence-corrected chi connectivity index (χ0v) is 12.3. The molecule has 0 amide bonds. The van der Waals surface area contributed by atoms with Crippen molar-refractivity contribution < 1.29 is 8.78 Å². The Morgan fingerprint density at radius 1 is 0.900 bits per heavy atom. The van der Waals surface area contributed by atoms with Crippen molar-refractivity contribution in [3.05, 3.63) is 58.1 Å². The number of nitrogen functional groups attached to an aromatic ring is 2. The largest absolute Gasteiger partial charge is 0.399 e. The Morgan fingerprint density at radius 3 is 1.95 bits per heavy atom. The predicted molar refractivity (Wildman–Crippen MR) is 81.3 cm³/mol. The molecule has 3 rings (SSSR count). The topological polar surface area (TPSA) is 52.0 Å². The molecule has 5 heteroatoms. The summed E-state index contributed by atoms with van der Waals surface area (Å²) in [4.78, 5) is 0. The monoisotopic (exact) mass is 340 g/mol. The van der Waals surface area contributed by atoms with Crippen LogP contribution in [0.2, 0.25) is 0 Å². The van der Waals surface area contributed by atoms with E-state index in [0.29, 0.717) is 21.8 Å². The van der Waals surface area contributed by atoms with E-state index in [4.69, 9.17) is 11.5 Å². The predicted octanol–water partition coefficient (Wildman–Crippen LogP) is 4.46. The van der Waals surface area contributed by atoms with Crippen LogP contribution in [0.5, 0.6) is 0 Å². The smallest absolute Gasteiger partial charge is 0.137 e. The Hall–Kier alpha value is -1.62. The Morgan fingerprint density at radius 2 is 1.45 bits per heavy atom. The summed E-state index contributed by atoms with van der Waals surface area (Å²) in [6, 6.07) is 9.14. The number of hydrogen-bond acceptors (Lipinski definition) is 2. The van der Waals surface area contributed by atoms with Crippen molar-refractivity contribution in [3.63, 3.8) is 0 Å². The maximum atomic E-state index is 13.0. The van der Waals surface area contributed by atoms with Gasteiger partial charge in [-0.05, 0) is 76.7 Å². The van der Waals surface area contributed by atoms with Crippen LogP contribution in [0.1, 0.15) is 24.3 Å². The highest BCUT2D eigenvalue weighted by Gasteiger charge is 2.26. The molecular weight excluding hydrogens is 326 g/mol. The molecule has 0 saturated heterocycles. The van der Waals surface area contributed by atoms with Crippen LogP contribution in [-0.2, 0) is 0 Å². The second-order valence-electron chi connectivity index (χ2n) is 4.73. The van der Waals surface area contributed by atoms with Crippen LogP contribution in [0.3, 0.4) is 0 Å². The number of benzene rings is 2. The first-order chi connectivity index (χ1) is 9.47. The zero-order valence-electron chi connectivity index (χ0n) is 10.7. The van der Waals surface area contributed by atoms with Gasteiger partial charge in [-0.25, -0.2) is 8.78 Å². The second kappa shape index (κ2) is 6.22. The molecule has 1 saturated carbocycles. The van der Waals surface area contributed by atoms with E-state index in [2.05, 4.69) is 15.9 Å². The molecule has 1 aliphatic carbocycles. The third kappa shape index (κ3) is 3.93. The number of anilines is 2. The Labute approximate surface area is 124 Å². The van der Waals surface area contributed by atoms with Gasteiger partial charge in [0.15, 0.2) is 0 Å². The third-order valence-corrected chi connectivity index (χ3v) is 3.59. The molecule has 0 heterocycles. The van der Waals surface area contributed by atoms with E-state index in [-0.39, 0.29) is 11.6 Å². The van der Waals surface area contributed by atoms with Crippen molar-refractivity contribution in [2.45, 2.75) is 18.8 Å². The van der Waals surface area contributed by atoms with Crippen molar-refractivity contribution in [3.8, 4) is 0 Å². The van der Waals surface area contributed by atoms with E-state index < -0.39 is 0 Å². The Kier molecular flexibility index (Phi) is 4.60. The number of nitrogens with two attached hydrogens (primary N) is 2. The molecular formula is C15H15BrF2N2. The van der Waals surface area contributed by atoms with Gasteiger partial charge in [0.2, 0.25) is 0 Å². The van der Waals surface area contributed by atoms with Crippen LogP contribution in [0.25, 0.3) is 0 Å². The van der Waals surface area contributed by atoms with Gasteiger partial charge in [0.05, 0.1) is 4.47 Å². The average Bonchev–Trinajstić information content (AvgIpc) is 3.22. The minimum absolute atomic E-state index is 0.110. The van der Waals surface area contributed by atoms with Crippen LogP contribution in [-0.4, -0.2) is 0 Å². The van der Waals surface area contributed by atoms with Gasteiger partial charge < -0.3 is 11.5 Å². The SMILES string of the molecule is Nc1ccc(F)c(Br)c1.Nc1ccc(F)c(C2CC2)c1. The fourth-order valence-corrected chi connectivity index (χ4v) is 2.18. The van der Waals surface area contributed by atoms with Gasteiger partial charge in [-0.3, -0.25) is 0 Å². The lowest BCUT2D eigenvalue weighted by Crippen LogP contribution is -1.90. The van der Waals surface area contributed by atoms with Crippen LogP contribution < -0.4 is 11.5 Å². The lowest BCUT2D eigenvalue weighted by molar-refractivity contribution is 0.611. The molecule has 0 atom stereocenters. The summed E-state index contributed by atoms with van der Waals surface area (Å²) >= 11 is 2.99. The standard InChI is InChI=1S/C9H10FN.C6H5BrFN/c10-9-4-3-7(11)5-8(9)6-1-2-6;7-5-3-4(9)1-2-6(5)8/h3-6H,1-2,11H2;1-3H,9H2. The van der Waals surface area contributed by atoms with Gasteiger partial charge in [0.25, 0.3) is 0 Å². The summed E-state index contributed by atoms with van der Waals surface area (Å²) in [5.74, 6) is 0.0457.